The largest absolute Gasteiger partial charge is 0.487 e. The smallest absolute Gasteiger partial charge is 0.120 e. The standard InChI is InChI=1S/C18H26O/c1-3-16-10-12-17(13-11-16)19-18(4-2)14-8-6-5-7-9-15-18/h3,10-13H,1,4-9,14-15H2,2H3. The van der Waals surface area contributed by atoms with Crippen LogP contribution in [0, 0.1) is 0 Å². The van der Waals surface area contributed by atoms with Gasteiger partial charge in [-0.15, -0.1) is 0 Å². The minimum absolute atomic E-state index is 0.0656. The van der Waals surface area contributed by atoms with E-state index in [0.717, 1.165) is 17.7 Å². The third kappa shape index (κ3) is 3.86. The van der Waals surface area contributed by atoms with E-state index in [-0.39, 0.29) is 5.60 Å². The van der Waals surface area contributed by atoms with Gasteiger partial charge in [0.15, 0.2) is 0 Å². The summed E-state index contributed by atoms with van der Waals surface area (Å²) in [5, 5.41) is 0. The van der Waals surface area contributed by atoms with Crippen LogP contribution in [0.1, 0.15) is 63.9 Å². The zero-order chi connectivity index (χ0) is 13.6. The fourth-order valence-corrected chi connectivity index (χ4v) is 3.00. The van der Waals surface area contributed by atoms with Gasteiger partial charge in [-0.1, -0.05) is 51.0 Å². The molecule has 1 fully saturated rings. The van der Waals surface area contributed by atoms with Crippen LogP contribution < -0.4 is 4.74 Å². The number of hydrogen-bond donors (Lipinski definition) is 0. The SMILES string of the molecule is C=Cc1ccc(OC2(CC)CCCCCCC2)cc1. The average molecular weight is 258 g/mol. The molecule has 0 heterocycles. The van der Waals surface area contributed by atoms with Gasteiger partial charge < -0.3 is 4.74 Å². The zero-order valence-electron chi connectivity index (χ0n) is 12.2. The molecule has 1 saturated carbocycles. The first-order valence-corrected chi connectivity index (χ1v) is 7.69. The van der Waals surface area contributed by atoms with Crippen LogP contribution in [-0.2, 0) is 0 Å². The molecule has 0 saturated heterocycles. The molecule has 0 amide bonds. The minimum atomic E-state index is 0.0656. The third-order valence-electron chi connectivity index (χ3n) is 4.36. The molecule has 0 aliphatic heterocycles. The van der Waals surface area contributed by atoms with Crippen molar-refractivity contribution in [3.63, 3.8) is 0 Å². The van der Waals surface area contributed by atoms with E-state index in [1.165, 1.54) is 44.9 Å². The topological polar surface area (TPSA) is 9.23 Å². The Morgan fingerprint density at radius 3 is 2.16 bits per heavy atom. The Morgan fingerprint density at radius 2 is 1.63 bits per heavy atom. The van der Waals surface area contributed by atoms with Gasteiger partial charge in [-0.3, -0.25) is 0 Å². The van der Waals surface area contributed by atoms with Gasteiger partial charge in [-0.05, 0) is 49.8 Å². The van der Waals surface area contributed by atoms with E-state index in [1.54, 1.807) is 0 Å². The Bertz CT molecular complexity index is 383. The lowest BCUT2D eigenvalue weighted by Crippen LogP contribution is -2.36. The Balaban J connectivity index is 2.08. The predicted octanol–water partition coefficient (Wildman–Crippen LogP) is 5.60. The van der Waals surface area contributed by atoms with E-state index in [4.69, 9.17) is 4.74 Å². The monoisotopic (exact) mass is 258 g/mol. The predicted molar refractivity (Wildman–Crippen MR) is 82.5 cm³/mol. The summed E-state index contributed by atoms with van der Waals surface area (Å²) in [4.78, 5) is 0. The summed E-state index contributed by atoms with van der Waals surface area (Å²) < 4.78 is 6.39. The summed E-state index contributed by atoms with van der Waals surface area (Å²) in [5.41, 5.74) is 1.21. The van der Waals surface area contributed by atoms with Gasteiger partial charge in [0.1, 0.15) is 11.4 Å². The molecule has 19 heavy (non-hydrogen) atoms. The van der Waals surface area contributed by atoms with Crippen LogP contribution in [0.15, 0.2) is 30.8 Å². The van der Waals surface area contributed by atoms with Crippen LogP contribution in [-0.4, -0.2) is 5.60 Å². The van der Waals surface area contributed by atoms with E-state index >= 15 is 0 Å². The van der Waals surface area contributed by atoms with E-state index in [9.17, 15) is 0 Å². The Kier molecular flexibility index (Phi) is 5.07. The summed E-state index contributed by atoms with van der Waals surface area (Å²) in [6, 6.07) is 8.31. The molecule has 0 unspecified atom stereocenters. The molecule has 104 valence electrons. The zero-order valence-corrected chi connectivity index (χ0v) is 12.2. The molecule has 2 rings (SSSR count). The molecule has 0 bridgehead atoms. The van der Waals surface area contributed by atoms with Crippen molar-refractivity contribution in [3.05, 3.63) is 36.4 Å². The summed E-state index contributed by atoms with van der Waals surface area (Å²) in [7, 11) is 0. The summed E-state index contributed by atoms with van der Waals surface area (Å²) >= 11 is 0. The lowest BCUT2D eigenvalue weighted by atomic mass is 9.85. The van der Waals surface area contributed by atoms with Crippen molar-refractivity contribution in [2.45, 2.75) is 63.9 Å². The van der Waals surface area contributed by atoms with Crippen LogP contribution in [0.3, 0.4) is 0 Å². The van der Waals surface area contributed by atoms with Crippen molar-refractivity contribution in [1.29, 1.82) is 0 Å². The van der Waals surface area contributed by atoms with Gasteiger partial charge >= 0.3 is 0 Å². The number of benzene rings is 1. The number of ether oxygens (including phenoxy) is 1. The average Bonchev–Trinajstić information content (AvgIpc) is 2.43. The molecular formula is C18H26O. The molecule has 0 N–H and O–H groups in total. The van der Waals surface area contributed by atoms with E-state index in [2.05, 4.69) is 37.8 Å². The van der Waals surface area contributed by atoms with Gasteiger partial charge in [0.2, 0.25) is 0 Å². The lowest BCUT2D eigenvalue weighted by molar-refractivity contribution is 0.0368. The maximum atomic E-state index is 6.39. The minimum Gasteiger partial charge on any atom is -0.487 e. The Labute approximate surface area is 117 Å². The number of rotatable bonds is 4. The second kappa shape index (κ2) is 6.79. The van der Waals surface area contributed by atoms with Crippen LogP contribution in [0.5, 0.6) is 5.75 Å². The first-order valence-electron chi connectivity index (χ1n) is 7.69. The van der Waals surface area contributed by atoms with E-state index < -0.39 is 0 Å². The second-order valence-electron chi connectivity index (χ2n) is 5.68. The molecule has 1 aromatic rings. The van der Waals surface area contributed by atoms with Crippen molar-refractivity contribution in [1.82, 2.24) is 0 Å². The highest BCUT2D eigenvalue weighted by Gasteiger charge is 2.30. The normalized spacial score (nSPS) is 19.2. The molecule has 0 atom stereocenters. The van der Waals surface area contributed by atoms with Gasteiger partial charge in [-0.2, -0.15) is 0 Å². The van der Waals surface area contributed by atoms with Gasteiger partial charge in [-0.25, -0.2) is 0 Å². The molecule has 0 radical (unpaired) electrons. The Hall–Kier alpha value is -1.24. The molecule has 1 aliphatic carbocycles. The maximum absolute atomic E-state index is 6.39. The van der Waals surface area contributed by atoms with Crippen LogP contribution in [0.25, 0.3) is 6.08 Å². The first kappa shape index (κ1) is 14.2. The quantitative estimate of drug-likeness (QED) is 0.683. The van der Waals surface area contributed by atoms with Crippen molar-refractivity contribution < 1.29 is 4.74 Å². The van der Waals surface area contributed by atoms with Crippen molar-refractivity contribution in [2.75, 3.05) is 0 Å². The van der Waals surface area contributed by atoms with Crippen molar-refractivity contribution in [2.24, 2.45) is 0 Å². The molecular weight excluding hydrogens is 232 g/mol. The van der Waals surface area contributed by atoms with Crippen LogP contribution >= 0.6 is 0 Å². The summed E-state index contributed by atoms with van der Waals surface area (Å²) in [6.45, 7) is 6.05. The molecule has 1 aliphatic rings. The maximum Gasteiger partial charge on any atom is 0.120 e. The molecule has 1 nitrogen and oxygen atoms in total. The molecule has 1 aromatic carbocycles. The van der Waals surface area contributed by atoms with E-state index in [1.807, 2.05) is 6.08 Å². The second-order valence-corrected chi connectivity index (χ2v) is 5.68. The molecule has 0 aromatic heterocycles. The first-order chi connectivity index (χ1) is 9.28. The summed E-state index contributed by atoms with van der Waals surface area (Å²) in [5.74, 6) is 1.01. The third-order valence-corrected chi connectivity index (χ3v) is 4.36. The van der Waals surface area contributed by atoms with Crippen molar-refractivity contribution >= 4 is 6.08 Å². The van der Waals surface area contributed by atoms with Gasteiger partial charge in [0.25, 0.3) is 0 Å². The van der Waals surface area contributed by atoms with E-state index in [0.29, 0.717) is 0 Å². The highest BCUT2D eigenvalue weighted by atomic mass is 16.5. The van der Waals surface area contributed by atoms with Gasteiger partial charge in [0, 0.05) is 0 Å². The molecule has 1 heteroatoms. The fraction of sp³-hybridized carbons (Fsp3) is 0.556. The highest BCUT2D eigenvalue weighted by molar-refractivity contribution is 5.48. The van der Waals surface area contributed by atoms with Crippen molar-refractivity contribution in [3.8, 4) is 5.75 Å². The fourth-order valence-electron chi connectivity index (χ4n) is 3.00. The van der Waals surface area contributed by atoms with Gasteiger partial charge in [0.05, 0.1) is 0 Å². The summed E-state index contributed by atoms with van der Waals surface area (Å²) in [6.07, 6.45) is 12.1. The van der Waals surface area contributed by atoms with Crippen LogP contribution in [0.2, 0.25) is 0 Å². The van der Waals surface area contributed by atoms with Crippen LogP contribution in [0.4, 0.5) is 0 Å². The number of hydrogen-bond acceptors (Lipinski definition) is 1. The Morgan fingerprint density at radius 1 is 1.05 bits per heavy atom. The molecule has 0 spiro atoms. The highest BCUT2D eigenvalue weighted by Crippen LogP contribution is 2.34. The lowest BCUT2D eigenvalue weighted by Gasteiger charge is -2.35.